The second kappa shape index (κ2) is 9.33. The van der Waals surface area contributed by atoms with Gasteiger partial charge in [0.2, 0.25) is 5.91 Å². The number of rotatable bonds is 7. The van der Waals surface area contributed by atoms with Crippen LogP contribution in [0, 0.1) is 0 Å². The minimum absolute atomic E-state index is 0.00312. The lowest BCUT2D eigenvalue weighted by molar-refractivity contribution is -0.120. The molecule has 0 aliphatic rings. The molecule has 0 saturated carbocycles. The molecule has 3 nitrogen and oxygen atoms in total. The van der Waals surface area contributed by atoms with Crippen LogP contribution >= 0.6 is 23.4 Å². The van der Waals surface area contributed by atoms with Crippen molar-refractivity contribution in [2.75, 3.05) is 13.2 Å². The molecule has 26 heavy (non-hydrogen) atoms. The predicted molar refractivity (Wildman–Crippen MR) is 110 cm³/mol. The highest BCUT2D eigenvalue weighted by molar-refractivity contribution is 8.00. The molecule has 2 aromatic carbocycles. The Bertz CT molecular complexity index is 708. The van der Waals surface area contributed by atoms with Gasteiger partial charge in [-0.15, -0.1) is 11.8 Å². The molecule has 1 N–H and O–H groups in total. The van der Waals surface area contributed by atoms with E-state index in [2.05, 4.69) is 38.2 Å². The Kier molecular flexibility index (Phi) is 7.42. The first kappa shape index (κ1) is 20.7. The van der Waals surface area contributed by atoms with Crippen LogP contribution in [0.25, 0.3) is 0 Å². The minimum Gasteiger partial charge on any atom is -0.492 e. The fourth-order valence-corrected chi connectivity index (χ4v) is 3.33. The van der Waals surface area contributed by atoms with Crippen LogP contribution in [0.4, 0.5) is 0 Å². The van der Waals surface area contributed by atoms with Gasteiger partial charge in [0.15, 0.2) is 0 Å². The van der Waals surface area contributed by atoms with E-state index in [9.17, 15) is 4.79 Å². The van der Waals surface area contributed by atoms with Crippen molar-refractivity contribution >= 4 is 29.3 Å². The first-order valence-corrected chi connectivity index (χ1v) is 9.95. The standard InChI is InChI=1S/C21H26ClNO2S/c1-15(26-19-11-7-17(22)8-12-19)20(24)23-13-14-25-18-9-5-16(6-10-18)21(2,3)4/h5-12,15H,13-14H2,1-4H3,(H,23,24). The highest BCUT2D eigenvalue weighted by atomic mass is 35.5. The van der Waals surface area contributed by atoms with Gasteiger partial charge in [0.05, 0.1) is 11.8 Å². The van der Waals surface area contributed by atoms with Crippen LogP contribution in [0.2, 0.25) is 5.02 Å². The zero-order valence-electron chi connectivity index (χ0n) is 15.7. The Labute approximate surface area is 165 Å². The van der Waals surface area contributed by atoms with Gasteiger partial charge >= 0.3 is 0 Å². The van der Waals surface area contributed by atoms with E-state index in [0.29, 0.717) is 18.2 Å². The van der Waals surface area contributed by atoms with Crippen LogP contribution in [0.15, 0.2) is 53.4 Å². The molecule has 0 spiro atoms. The van der Waals surface area contributed by atoms with Crippen LogP contribution in [0.3, 0.4) is 0 Å². The molecule has 0 heterocycles. The lowest BCUT2D eigenvalue weighted by atomic mass is 9.87. The average Bonchev–Trinajstić information content (AvgIpc) is 2.60. The number of amides is 1. The number of hydrogen-bond donors (Lipinski definition) is 1. The molecule has 1 atom stereocenters. The van der Waals surface area contributed by atoms with Crippen molar-refractivity contribution in [2.45, 2.75) is 43.3 Å². The van der Waals surface area contributed by atoms with Gasteiger partial charge in [-0.2, -0.15) is 0 Å². The number of carbonyl (C=O) groups is 1. The highest BCUT2D eigenvalue weighted by Gasteiger charge is 2.14. The molecule has 0 aromatic heterocycles. The Morgan fingerprint density at radius 2 is 1.73 bits per heavy atom. The third-order valence-corrected chi connectivity index (χ3v) is 5.25. The monoisotopic (exact) mass is 391 g/mol. The molecular weight excluding hydrogens is 366 g/mol. The summed E-state index contributed by atoms with van der Waals surface area (Å²) in [6.45, 7) is 9.36. The summed E-state index contributed by atoms with van der Waals surface area (Å²) in [6, 6.07) is 15.6. The molecule has 0 aliphatic heterocycles. The summed E-state index contributed by atoms with van der Waals surface area (Å²) < 4.78 is 5.70. The van der Waals surface area contributed by atoms with E-state index in [1.165, 1.54) is 17.3 Å². The molecule has 2 aromatic rings. The molecule has 5 heteroatoms. The van der Waals surface area contributed by atoms with Crippen LogP contribution in [-0.4, -0.2) is 24.3 Å². The summed E-state index contributed by atoms with van der Waals surface area (Å²) in [5, 5.41) is 3.42. The number of carbonyl (C=O) groups excluding carboxylic acids is 1. The Morgan fingerprint density at radius 3 is 2.31 bits per heavy atom. The second-order valence-electron chi connectivity index (χ2n) is 7.13. The van der Waals surface area contributed by atoms with E-state index < -0.39 is 0 Å². The van der Waals surface area contributed by atoms with Crippen LogP contribution in [0.1, 0.15) is 33.3 Å². The van der Waals surface area contributed by atoms with Crippen molar-refractivity contribution in [1.82, 2.24) is 5.32 Å². The number of ether oxygens (including phenoxy) is 1. The number of benzene rings is 2. The summed E-state index contributed by atoms with van der Waals surface area (Å²) in [4.78, 5) is 13.2. The number of halogens is 1. The van der Waals surface area contributed by atoms with Gasteiger partial charge < -0.3 is 10.1 Å². The van der Waals surface area contributed by atoms with Gasteiger partial charge in [-0.25, -0.2) is 0 Å². The normalized spacial score (nSPS) is 12.5. The van der Waals surface area contributed by atoms with Gasteiger partial charge in [0, 0.05) is 9.92 Å². The molecular formula is C21H26ClNO2S. The Hall–Kier alpha value is -1.65. The molecule has 0 aliphatic carbocycles. The maximum absolute atomic E-state index is 12.2. The quantitative estimate of drug-likeness (QED) is 0.513. The molecule has 140 valence electrons. The predicted octanol–water partition coefficient (Wildman–Crippen LogP) is 5.31. The van der Waals surface area contributed by atoms with Crippen LogP contribution < -0.4 is 10.1 Å². The van der Waals surface area contributed by atoms with Crippen molar-refractivity contribution in [3.05, 3.63) is 59.1 Å². The maximum Gasteiger partial charge on any atom is 0.233 e. The fourth-order valence-electron chi connectivity index (χ4n) is 2.31. The van der Waals surface area contributed by atoms with E-state index in [1.807, 2.05) is 43.3 Å². The highest BCUT2D eigenvalue weighted by Crippen LogP contribution is 2.25. The van der Waals surface area contributed by atoms with Gasteiger partial charge in [-0.1, -0.05) is 44.5 Å². The summed E-state index contributed by atoms with van der Waals surface area (Å²) in [5.74, 6) is 0.812. The van der Waals surface area contributed by atoms with Crippen LogP contribution in [-0.2, 0) is 10.2 Å². The summed E-state index contributed by atoms with van der Waals surface area (Å²) in [7, 11) is 0. The number of thioether (sulfide) groups is 1. The number of hydrogen-bond acceptors (Lipinski definition) is 3. The second-order valence-corrected chi connectivity index (χ2v) is 8.98. The zero-order chi connectivity index (χ0) is 19.2. The Morgan fingerprint density at radius 1 is 1.12 bits per heavy atom. The van der Waals surface area contributed by atoms with Gasteiger partial charge in [-0.3, -0.25) is 4.79 Å². The largest absolute Gasteiger partial charge is 0.492 e. The lowest BCUT2D eigenvalue weighted by Gasteiger charge is -2.19. The third kappa shape index (κ3) is 6.58. The van der Waals surface area contributed by atoms with Gasteiger partial charge in [0.25, 0.3) is 0 Å². The van der Waals surface area contributed by atoms with E-state index in [0.717, 1.165) is 10.6 Å². The molecule has 0 saturated heterocycles. The van der Waals surface area contributed by atoms with E-state index >= 15 is 0 Å². The SMILES string of the molecule is CC(Sc1ccc(Cl)cc1)C(=O)NCCOc1ccc(C(C)(C)C)cc1. The molecule has 1 unspecified atom stereocenters. The molecule has 0 bridgehead atoms. The molecule has 0 radical (unpaired) electrons. The van der Waals surface area contributed by atoms with Crippen molar-refractivity contribution in [2.24, 2.45) is 0 Å². The van der Waals surface area contributed by atoms with Crippen molar-refractivity contribution in [1.29, 1.82) is 0 Å². The van der Waals surface area contributed by atoms with Crippen molar-refractivity contribution in [3.8, 4) is 5.75 Å². The maximum atomic E-state index is 12.2. The summed E-state index contributed by atoms with van der Waals surface area (Å²) in [6.07, 6.45) is 0. The van der Waals surface area contributed by atoms with Crippen molar-refractivity contribution in [3.63, 3.8) is 0 Å². The Balaban J connectivity index is 1.71. The van der Waals surface area contributed by atoms with Gasteiger partial charge in [-0.05, 0) is 54.3 Å². The summed E-state index contributed by atoms with van der Waals surface area (Å²) in [5.41, 5.74) is 1.40. The molecule has 2 rings (SSSR count). The third-order valence-electron chi connectivity index (χ3n) is 3.89. The zero-order valence-corrected chi connectivity index (χ0v) is 17.3. The van der Waals surface area contributed by atoms with Gasteiger partial charge in [0.1, 0.15) is 12.4 Å². The lowest BCUT2D eigenvalue weighted by Crippen LogP contribution is -2.33. The first-order chi connectivity index (χ1) is 12.3. The van der Waals surface area contributed by atoms with E-state index in [-0.39, 0.29) is 16.6 Å². The fraction of sp³-hybridized carbons (Fsp3) is 0.381. The van der Waals surface area contributed by atoms with E-state index in [1.54, 1.807) is 0 Å². The smallest absolute Gasteiger partial charge is 0.233 e. The van der Waals surface area contributed by atoms with Crippen molar-refractivity contribution < 1.29 is 9.53 Å². The first-order valence-electron chi connectivity index (χ1n) is 8.69. The number of nitrogens with one attached hydrogen (secondary N) is 1. The average molecular weight is 392 g/mol. The van der Waals surface area contributed by atoms with E-state index in [4.69, 9.17) is 16.3 Å². The molecule has 1 amide bonds. The molecule has 0 fully saturated rings. The topological polar surface area (TPSA) is 38.3 Å². The minimum atomic E-state index is -0.178. The summed E-state index contributed by atoms with van der Waals surface area (Å²) >= 11 is 7.38. The van der Waals surface area contributed by atoms with Crippen LogP contribution in [0.5, 0.6) is 5.75 Å².